The molecule has 0 aliphatic carbocycles. The lowest BCUT2D eigenvalue weighted by atomic mass is 10.1. The van der Waals surface area contributed by atoms with E-state index in [2.05, 4.69) is 17.0 Å². The van der Waals surface area contributed by atoms with E-state index in [4.69, 9.17) is 15.3 Å². The van der Waals surface area contributed by atoms with Gasteiger partial charge < -0.3 is 9.64 Å². The van der Waals surface area contributed by atoms with Crippen molar-refractivity contribution < 1.29 is 4.74 Å². The Balaban J connectivity index is 1.81. The third-order valence-electron chi connectivity index (χ3n) is 3.72. The summed E-state index contributed by atoms with van der Waals surface area (Å²) in [5, 5.41) is 19.2. The maximum absolute atomic E-state index is 9.02. The molecule has 0 fully saturated rings. The topological polar surface area (TPSA) is 60.0 Å². The number of benzene rings is 1. The highest BCUT2D eigenvalue weighted by Crippen LogP contribution is 2.44. The van der Waals surface area contributed by atoms with Crippen LogP contribution in [0.5, 0.6) is 0 Å². The molecular weight excluding hydrogens is 330 g/mol. The summed E-state index contributed by atoms with van der Waals surface area (Å²) in [4.78, 5) is 3.37. The summed E-state index contributed by atoms with van der Waals surface area (Å²) in [6.45, 7) is 1.79. The maximum atomic E-state index is 9.02. The minimum absolute atomic E-state index is 0.0773. The fraction of sp³-hybridized carbons (Fsp3) is 0.100. The summed E-state index contributed by atoms with van der Waals surface area (Å²) < 4.78 is 5.64. The van der Waals surface area contributed by atoms with Crippen LogP contribution in [0.25, 0.3) is 0 Å². The number of rotatable bonds is 2. The smallest absolute Gasteiger partial charge is 0.137 e. The van der Waals surface area contributed by atoms with Gasteiger partial charge in [0.1, 0.15) is 29.2 Å². The standard InChI is InChI=1S/C20H15N3OS/c1-14-10-15(16(12-21)13-22)11-17(24-14)6-5-9-20-23(2)18-7-3-4-8-19(18)25-20/h3-11H,1-2H3/b6-5+,20-9+. The molecular formula is C20H15N3OS. The molecule has 25 heavy (non-hydrogen) atoms. The number of nitrogens with zero attached hydrogens (tertiary/aromatic N) is 3. The second-order valence-electron chi connectivity index (χ2n) is 5.45. The first-order valence-corrected chi connectivity index (χ1v) is 8.45. The maximum Gasteiger partial charge on any atom is 0.137 e. The van der Waals surface area contributed by atoms with E-state index < -0.39 is 0 Å². The molecule has 0 amide bonds. The van der Waals surface area contributed by atoms with E-state index in [1.54, 1.807) is 30.8 Å². The van der Waals surface area contributed by atoms with Gasteiger partial charge in [-0.1, -0.05) is 30.0 Å². The minimum atomic E-state index is 0.0773. The largest absolute Gasteiger partial charge is 0.462 e. The number of ether oxygens (including phenoxy) is 1. The van der Waals surface area contributed by atoms with Gasteiger partial charge >= 0.3 is 0 Å². The van der Waals surface area contributed by atoms with Crippen molar-refractivity contribution in [3.05, 3.63) is 82.3 Å². The second-order valence-corrected chi connectivity index (χ2v) is 6.51. The molecule has 0 spiro atoms. The zero-order chi connectivity index (χ0) is 17.8. The fourth-order valence-electron chi connectivity index (χ4n) is 2.53. The van der Waals surface area contributed by atoms with Gasteiger partial charge in [-0.25, -0.2) is 0 Å². The van der Waals surface area contributed by atoms with E-state index >= 15 is 0 Å². The molecule has 0 bridgehead atoms. The van der Waals surface area contributed by atoms with Crippen molar-refractivity contribution in [3.63, 3.8) is 0 Å². The predicted molar refractivity (Wildman–Crippen MR) is 99.1 cm³/mol. The van der Waals surface area contributed by atoms with E-state index in [0.717, 1.165) is 5.03 Å². The monoisotopic (exact) mass is 345 g/mol. The Morgan fingerprint density at radius 3 is 2.68 bits per heavy atom. The van der Waals surface area contributed by atoms with E-state index in [-0.39, 0.29) is 5.57 Å². The number of anilines is 1. The molecule has 0 atom stereocenters. The van der Waals surface area contributed by atoms with Crippen LogP contribution < -0.4 is 4.90 Å². The normalized spacial score (nSPS) is 17.5. The molecule has 4 nitrogen and oxygen atoms in total. The molecule has 5 heteroatoms. The van der Waals surface area contributed by atoms with E-state index in [1.807, 2.05) is 49.5 Å². The first-order chi connectivity index (χ1) is 12.1. The van der Waals surface area contributed by atoms with Crippen molar-refractivity contribution >= 4 is 17.4 Å². The van der Waals surface area contributed by atoms with Crippen molar-refractivity contribution in [3.8, 4) is 12.1 Å². The van der Waals surface area contributed by atoms with Gasteiger partial charge in [-0.05, 0) is 43.4 Å². The van der Waals surface area contributed by atoms with Crippen LogP contribution >= 0.6 is 11.8 Å². The predicted octanol–water partition coefficient (Wildman–Crippen LogP) is 4.79. The van der Waals surface area contributed by atoms with Crippen LogP contribution in [0.1, 0.15) is 6.92 Å². The van der Waals surface area contributed by atoms with Crippen molar-refractivity contribution in [2.75, 3.05) is 11.9 Å². The number of fused-ring (bicyclic) bond motifs is 1. The summed E-state index contributed by atoms with van der Waals surface area (Å²) in [5.74, 6) is 1.24. The number of nitriles is 2. The molecule has 1 aromatic carbocycles. The summed E-state index contributed by atoms with van der Waals surface area (Å²) in [6, 6.07) is 12.1. The number of hydrogen-bond donors (Lipinski definition) is 0. The van der Waals surface area contributed by atoms with Gasteiger partial charge in [0, 0.05) is 17.5 Å². The lowest BCUT2D eigenvalue weighted by Gasteiger charge is -2.13. The molecule has 0 radical (unpaired) electrons. The van der Waals surface area contributed by atoms with Gasteiger partial charge in [0.2, 0.25) is 0 Å². The molecule has 0 unspecified atom stereocenters. The van der Waals surface area contributed by atoms with Gasteiger partial charge in [0.25, 0.3) is 0 Å². The Morgan fingerprint density at radius 2 is 1.96 bits per heavy atom. The van der Waals surface area contributed by atoms with E-state index in [0.29, 0.717) is 17.1 Å². The lowest BCUT2D eigenvalue weighted by Crippen LogP contribution is -2.08. The van der Waals surface area contributed by atoms with Gasteiger partial charge in [-0.3, -0.25) is 0 Å². The summed E-state index contributed by atoms with van der Waals surface area (Å²) >= 11 is 1.71. The highest BCUT2D eigenvalue weighted by Gasteiger charge is 2.20. The lowest BCUT2D eigenvalue weighted by molar-refractivity contribution is 0.317. The van der Waals surface area contributed by atoms with E-state index in [9.17, 15) is 0 Å². The van der Waals surface area contributed by atoms with Crippen LogP contribution in [0.2, 0.25) is 0 Å². The third-order valence-corrected chi connectivity index (χ3v) is 4.90. The number of para-hydroxylation sites is 1. The fourth-order valence-corrected chi connectivity index (χ4v) is 3.59. The zero-order valence-electron chi connectivity index (χ0n) is 13.9. The number of allylic oxidation sites excluding steroid dienone is 8. The molecule has 0 aromatic heterocycles. The molecule has 2 heterocycles. The molecule has 1 aromatic rings. The van der Waals surface area contributed by atoms with Crippen LogP contribution in [0.15, 0.2) is 87.2 Å². The Kier molecular flexibility index (Phi) is 4.79. The minimum Gasteiger partial charge on any atom is -0.462 e. The van der Waals surface area contributed by atoms with Crippen molar-refractivity contribution in [1.29, 1.82) is 10.5 Å². The first-order valence-electron chi connectivity index (χ1n) is 7.63. The van der Waals surface area contributed by atoms with Crippen molar-refractivity contribution in [2.45, 2.75) is 11.8 Å². The Morgan fingerprint density at radius 1 is 1.20 bits per heavy atom. The van der Waals surface area contributed by atoms with Gasteiger partial charge in [0.15, 0.2) is 0 Å². The van der Waals surface area contributed by atoms with Gasteiger partial charge in [-0.15, -0.1) is 0 Å². The highest BCUT2D eigenvalue weighted by atomic mass is 32.2. The highest BCUT2D eigenvalue weighted by molar-refractivity contribution is 8.03. The molecule has 122 valence electrons. The zero-order valence-corrected chi connectivity index (χ0v) is 14.7. The summed E-state index contributed by atoms with van der Waals surface area (Å²) in [7, 11) is 2.04. The van der Waals surface area contributed by atoms with Gasteiger partial charge in [-0.2, -0.15) is 10.5 Å². The average Bonchev–Trinajstić information content (AvgIpc) is 2.92. The SMILES string of the molecule is CC1=CC(=C(C#N)C#N)C=C(/C=C/C=C2/Sc3ccccc3N2C)O1. The number of thioether (sulfide) groups is 1. The van der Waals surface area contributed by atoms with Crippen LogP contribution in [0, 0.1) is 22.7 Å². The van der Waals surface area contributed by atoms with E-state index in [1.165, 1.54) is 10.6 Å². The summed E-state index contributed by atoms with van der Waals surface area (Å²) in [5.41, 5.74) is 1.84. The second kappa shape index (κ2) is 7.17. The Hall–Kier alpha value is -3.15. The van der Waals surface area contributed by atoms with Crippen LogP contribution in [-0.4, -0.2) is 7.05 Å². The average molecular weight is 345 g/mol. The Bertz CT molecular complexity index is 936. The molecule has 2 aliphatic heterocycles. The van der Waals surface area contributed by atoms with Crippen LogP contribution in [0.3, 0.4) is 0 Å². The quantitative estimate of drug-likeness (QED) is 0.721. The van der Waals surface area contributed by atoms with Gasteiger partial charge in [0.05, 0.1) is 10.7 Å². The van der Waals surface area contributed by atoms with Crippen molar-refractivity contribution in [2.24, 2.45) is 0 Å². The molecule has 0 saturated carbocycles. The van der Waals surface area contributed by atoms with Crippen LogP contribution in [-0.2, 0) is 4.74 Å². The molecule has 0 N–H and O–H groups in total. The summed E-state index contributed by atoms with van der Waals surface area (Å²) in [6.07, 6.45) is 9.14. The Labute approximate surface area is 151 Å². The van der Waals surface area contributed by atoms with Crippen molar-refractivity contribution in [1.82, 2.24) is 0 Å². The van der Waals surface area contributed by atoms with Crippen LogP contribution in [0.4, 0.5) is 5.69 Å². The molecule has 2 aliphatic rings. The third kappa shape index (κ3) is 3.52. The number of hydrogen-bond acceptors (Lipinski definition) is 5. The molecule has 3 rings (SSSR count). The molecule has 0 saturated heterocycles. The first kappa shape index (κ1) is 16.7.